The molecule has 5 nitrogen and oxygen atoms in total. The highest BCUT2D eigenvalue weighted by Crippen LogP contribution is 2.45. The minimum atomic E-state index is -0.243. The number of ether oxygens (including phenoxy) is 2. The predicted octanol–water partition coefficient (Wildman–Crippen LogP) is 2.27. The summed E-state index contributed by atoms with van der Waals surface area (Å²) in [6.07, 6.45) is 1.76. The maximum Gasteiger partial charge on any atom is 0.324 e. The first-order chi connectivity index (χ1) is 8.42. The molecule has 1 fully saturated rings. The number of carbonyl (C=O) groups is 1. The maximum absolute atomic E-state index is 12.5. The van der Waals surface area contributed by atoms with Gasteiger partial charge < -0.3 is 9.47 Å². The van der Waals surface area contributed by atoms with E-state index in [-0.39, 0.29) is 17.1 Å². The van der Waals surface area contributed by atoms with E-state index in [0.29, 0.717) is 13.5 Å². The molecule has 0 aromatic heterocycles. The SMILES string of the molecule is CCC1(C)N(COC)C(=O)N(COC)C1(C)CC. The third-order valence-corrected chi connectivity index (χ3v) is 4.71. The van der Waals surface area contributed by atoms with E-state index in [1.165, 1.54) is 0 Å². The Morgan fingerprint density at radius 1 is 0.944 bits per heavy atom. The highest BCUT2D eigenvalue weighted by atomic mass is 16.5. The highest BCUT2D eigenvalue weighted by Gasteiger charge is 2.60. The Labute approximate surface area is 110 Å². The monoisotopic (exact) mass is 258 g/mol. The fourth-order valence-corrected chi connectivity index (χ4v) is 2.95. The van der Waals surface area contributed by atoms with Crippen LogP contribution in [-0.4, -0.2) is 54.6 Å². The van der Waals surface area contributed by atoms with Gasteiger partial charge in [-0.3, -0.25) is 9.80 Å². The molecule has 1 rings (SSSR count). The van der Waals surface area contributed by atoms with E-state index < -0.39 is 0 Å². The van der Waals surface area contributed by atoms with Crippen LogP contribution < -0.4 is 0 Å². The number of hydrogen-bond donors (Lipinski definition) is 0. The van der Waals surface area contributed by atoms with Crippen molar-refractivity contribution in [2.24, 2.45) is 0 Å². The molecule has 0 radical (unpaired) electrons. The van der Waals surface area contributed by atoms with Gasteiger partial charge in [0.1, 0.15) is 13.5 Å². The van der Waals surface area contributed by atoms with Crippen LogP contribution in [0.3, 0.4) is 0 Å². The number of carbonyl (C=O) groups excluding carboxylic acids is 1. The summed E-state index contributed by atoms with van der Waals surface area (Å²) in [5, 5.41) is 0. The minimum Gasteiger partial charge on any atom is -0.364 e. The molecule has 1 heterocycles. The molecular formula is C13H26N2O3. The number of nitrogens with zero attached hydrogens (tertiary/aromatic N) is 2. The zero-order valence-electron chi connectivity index (χ0n) is 12.4. The third-order valence-electron chi connectivity index (χ3n) is 4.71. The predicted molar refractivity (Wildman–Crippen MR) is 70.2 cm³/mol. The molecule has 0 saturated carbocycles. The lowest BCUT2D eigenvalue weighted by Crippen LogP contribution is -2.57. The molecule has 0 spiro atoms. The molecule has 2 amide bonds. The van der Waals surface area contributed by atoms with Crippen molar-refractivity contribution in [3.63, 3.8) is 0 Å². The Balaban J connectivity index is 3.21. The first kappa shape index (κ1) is 15.2. The fraction of sp³-hybridized carbons (Fsp3) is 0.923. The lowest BCUT2D eigenvalue weighted by atomic mass is 9.75. The number of urea groups is 1. The van der Waals surface area contributed by atoms with Crippen LogP contribution in [0.4, 0.5) is 4.79 Å². The molecule has 1 aliphatic rings. The molecule has 2 atom stereocenters. The van der Waals surface area contributed by atoms with E-state index in [9.17, 15) is 4.79 Å². The lowest BCUT2D eigenvalue weighted by molar-refractivity contribution is -0.0122. The lowest BCUT2D eigenvalue weighted by Gasteiger charge is -2.45. The van der Waals surface area contributed by atoms with Gasteiger partial charge in [-0.1, -0.05) is 13.8 Å². The second kappa shape index (κ2) is 5.45. The Morgan fingerprint density at radius 3 is 1.50 bits per heavy atom. The van der Waals surface area contributed by atoms with Gasteiger partial charge in [0.05, 0.1) is 11.1 Å². The normalized spacial score (nSPS) is 32.4. The molecule has 0 aromatic carbocycles. The molecule has 0 N–H and O–H groups in total. The van der Waals surface area contributed by atoms with E-state index in [4.69, 9.17) is 9.47 Å². The van der Waals surface area contributed by atoms with E-state index in [1.54, 1.807) is 14.2 Å². The van der Waals surface area contributed by atoms with Crippen molar-refractivity contribution < 1.29 is 14.3 Å². The number of rotatable bonds is 6. The summed E-state index contributed by atoms with van der Waals surface area (Å²) in [5.41, 5.74) is -0.485. The van der Waals surface area contributed by atoms with Crippen LogP contribution in [0, 0.1) is 0 Å². The molecule has 1 saturated heterocycles. The molecule has 5 heteroatoms. The van der Waals surface area contributed by atoms with Crippen molar-refractivity contribution in [1.29, 1.82) is 0 Å². The first-order valence-corrected chi connectivity index (χ1v) is 6.50. The summed E-state index contributed by atoms with van der Waals surface area (Å²) in [6, 6.07) is -0.00704. The molecule has 1 aliphatic heterocycles. The summed E-state index contributed by atoms with van der Waals surface area (Å²) >= 11 is 0. The molecule has 0 bridgehead atoms. The van der Waals surface area contributed by atoms with Gasteiger partial charge >= 0.3 is 6.03 Å². The van der Waals surface area contributed by atoms with Crippen molar-refractivity contribution in [1.82, 2.24) is 9.80 Å². The van der Waals surface area contributed by atoms with Crippen LogP contribution in [0.15, 0.2) is 0 Å². The summed E-state index contributed by atoms with van der Waals surface area (Å²) in [5.74, 6) is 0. The first-order valence-electron chi connectivity index (χ1n) is 6.50. The van der Waals surface area contributed by atoms with Crippen molar-refractivity contribution in [3.05, 3.63) is 0 Å². The molecule has 0 aromatic rings. The number of hydrogen-bond acceptors (Lipinski definition) is 3. The maximum atomic E-state index is 12.5. The second-order valence-corrected chi connectivity index (χ2v) is 5.23. The summed E-state index contributed by atoms with van der Waals surface area (Å²) in [4.78, 5) is 16.2. The van der Waals surface area contributed by atoms with Gasteiger partial charge in [-0.2, -0.15) is 0 Å². The summed E-state index contributed by atoms with van der Waals surface area (Å²) in [6.45, 7) is 9.12. The smallest absolute Gasteiger partial charge is 0.324 e. The summed E-state index contributed by atoms with van der Waals surface area (Å²) in [7, 11) is 3.23. The zero-order valence-corrected chi connectivity index (χ0v) is 12.4. The van der Waals surface area contributed by atoms with Crippen LogP contribution in [0.2, 0.25) is 0 Å². The topological polar surface area (TPSA) is 42.0 Å². The van der Waals surface area contributed by atoms with Gasteiger partial charge in [-0.05, 0) is 26.7 Å². The standard InChI is InChI=1S/C13H26N2O3/c1-7-12(3)13(4,8-2)15(10-18-6)11(16)14(12)9-17-5/h7-10H2,1-6H3. The summed E-state index contributed by atoms with van der Waals surface area (Å²) < 4.78 is 10.4. The van der Waals surface area contributed by atoms with Gasteiger partial charge in [0.15, 0.2) is 0 Å². The van der Waals surface area contributed by atoms with Crippen LogP contribution in [0.25, 0.3) is 0 Å². The van der Waals surface area contributed by atoms with Gasteiger partial charge in [0.2, 0.25) is 0 Å². The second-order valence-electron chi connectivity index (χ2n) is 5.23. The zero-order chi connectivity index (χ0) is 14.0. The highest BCUT2D eigenvalue weighted by molar-refractivity contribution is 5.79. The Morgan fingerprint density at radius 2 is 1.28 bits per heavy atom. The Kier molecular flexibility index (Phi) is 4.61. The van der Waals surface area contributed by atoms with Crippen LogP contribution in [0.1, 0.15) is 40.5 Å². The molecule has 18 heavy (non-hydrogen) atoms. The van der Waals surface area contributed by atoms with Crippen molar-refractivity contribution >= 4 is 6.03 Å². The number of methoxy groups -OCH3 is 2. The van der Waals surface area contributed by atoms with Gasteiger partial charge in [-0.25, -0.2) is 4.79 Å². The largest absolute Gasteiger partial charge is 0.364 e. The van der Waals surface area contributed by atoms with Crippen molar-refractivity contribution in [2.45, 2.75) is 51.6 Å². The van der Waals surface area contributed by atoms with Crippen LogP contribution in [0.5, 0.6) is 0 Å². The van der Waals surface area contributed by atoms with Gasteiger partial charge in [0.25, 0.3) is 0 Å². The van der Waals surface area contributed by atoms with Crippen molar-refractivity contribution in [2.75, 3.05) is 27.7 Å². The fourth-order valence-electron chi connectivity index (χ4n) is 2.95. The molecule has 106 valence electrons. The van der Waals surface area contributed by atoms with E-state index in [2.05, 4.69) is 27.7 Å². The molecule has 2 unspecified atom stereocenters. The Bertz CT molecular complexity index is 283. The van der Waals surface area contributed by atoms with E-state index in [1.807, 2.05) is 9.80 Å². The van der Waals surface area contributed by atoms with Crippen molar-refractivity contribution in [3.8, 4) is 0 Å². The third kappa shape index (κ3) is 1.89. The molecular weight excluding hydrogens is 232 g/mol. The average Bonchev–Trinajstić information content (AvgIpc) is 2.53. The van der Waals surface area contributed by atoms with E-state index in [0.717, 1.165) is 12.8 Å². The van der Waals surface area contributed by atoms with Crippen LogP contribution >= 0.6 is 0 Å². The Hall–Kier alpha value is -0.810. The van der Waals surface area contributed by atoms with Gasteiger partial charge in [-0.15, -0.1) is 0 Å². The van der Waals surface area contributed by atoms with E-state index >= 15 is 0 Å². The van der Waals surface area contributed by atoms with Crippen LogP contribution in [-0.2, 0) is 9.47 Å². The number of amides is 2. The molecule has 0 aliphatic carbocycles. The minimum absolute atomic E-state index is 0.00704. The average molecular weight is 258 g/mol. The quantitative estimate of drug-likeness (QED) is 0.734. The van der Waals surface area contributed by atoms with Gasteiger partial charge in [0, 0.05) is 14.2 Å².